The minimum Gasteiger partial charge on any atom is -0.463 e. The molecule has 11 heteroatoms. The molecule has 0 aliphatic heterocycles. The number of carbonyl (C=O) groups is 4. The van der Waals surface area contributed by atoms with Crippen molar-refractivity contribution in [1.29, 1.82) is 0 Å². The minimum absolute atomic E-state index is 0.0360. The van der Waals surface area contributed by atoms with Crippen LogP contribution in [0.1, 0.15) is 65.2 Å². The topological polar surface area (TPSA) is 138 Å². The monoisotopic (exact) mass is 628 g/mol. The van der Waals surface area contributed by atoms with E-state index in [2.05, 4.69) is 34.3 Å². The molecule has 2 fully saturated rings. The highest BCUT2D eigenvalue weighted by atomic mass is 16.6. The van der Waals surface area contributed by atoms with Crippen LogP contribution in [0.15, 0.2) is 0 Å². The standard InChI is InChI=1S/C34H48N2O9/c1-23(19-35-33(39)44-21-29-25-11-7-3-4-8-12-26(25)29)31(37)42-17-15-41-16-18-43-32(38)24(2)20-36-34(40)45-22-30-27-13-9-5-6-10-14-28(27)30/h23-30H,7-22H2,1-2H3,(H,35,39)(H,36,40)/t23?,24?,25-,26+,27-,28+,29?,30?. The highest BCUT2D eigenvalue weighted by molar-refractivity contribution is 5.74. The van der Waals surface area contributed by atoms with E-state index in [0.717, 1.165) is 51.4 Å². The van der Waals surface area contributed by atoms with Crippen molar-refractivity contribution in [3.8, 4) is 23.7 Å². The molecule has 2 saturated carbocycles. The second-order valence-electron chi connectivity index (χ2n) is 12.6. The molecule has 4 aliphatic carbocycles. The lowest BCUT2D eigenvalue weighted by Crippen LogP contribution is -2.33. The first-order chi connectivity index (χ1) is 21.8. The summed E-state index contributed by atoms with van der Waals surface area (Å²) < 4.78 is 26.5. The van der Waals surface area contributed by atoms with Crippen LogP contribution in [0.4, 0.5) is 9.59 Å². The van der Waals surface area contributed by atoms with E-state index in [1.807, 2.05) is 0 Å². The number of ether oxygens (including phenoxy) is 5. The van der Waals surface area contributed by atoms with E-state index in [0.29, 0.717) is 48.7 Å². The van der Waals surface area contributed by atoms with Crippen molar-refractivity contribution in [3.05, 3.63) is 0 Å². The highest BCUT2D eigenvalue weighted by Gasteiger charge is 2.50. The molecule has 8 atom stereocenters. The predicted molar refractivity (Wildman–Crippen MR) is 163 cm³/mol. The van der Waals surface area contributed by atoms with E-state index in [9.17, 15) is 19.2 Å². The molecule has 248 valence electrons. The van der Waals surface area contributed by atoms with Gasteiger partial charge in [-0.05, 0) is 61.2 Å². The van der Waals surface area contributed by atoms with Crippen molar-refractivity contribution in [1.82, 2.24) is 10.6 Å². The zero-order valence-corrected chi connectivity index (χ0v) is 26.6. The summed E-state index contributed by atoms with van der Waals surface area (Å²) in [6, 6.07) is 0. The van der Waals surface area contributed by atoms with Crippen LogP contribution in [0.25, 0.3) is 0 Å². The normalized spacial score (nSPS) is 27.2. The number of alkyl carbamates (subject to hydrolysis) is 2. The highest BCUT2D eigenvalue weighted by Crippen LogP contribution is 2.53. The summed E-state index contributed by atoms with van der Waals surface area (Å²) in [5, 5.41) is 5.26. The van der Waals surface area contributed by atoms with Gasteiger partial charge in [0, 0.05) is 38.8 Å². The molecule has 0 bridgehead atoms. The van der Waals surface area contributed by atoms with Gasteiger partial charge in [-0.25, -0.2) is 9.59 Å². The van der Waals surface area contributed by atoms with Crippen molar-refractivity contribution < 1.29 is 42.9 Å². The molecule has 4 rings (SSSR count). The Morgan fingerprint density at radius 1 is 0.578 bits per heavy atom. The Kier molecular flexibility index (Phi) is 13.7. The summed E-state index contributed by atoms with van der Waals surface area (Å²) in [4.78, 5) is 48.5. The Hall–Kier alpha value is -3.44. The average molecular weight is 629 g/mol. The molecule has 0 aromatic carbocycles. The molecule has 0 heterocycles. The Bertz CT molecular complexity index is 1030. The smallest absolute Gasteiger partial charge is 0.407 e. The van der Waals surface area contributed by atoms with Crippen molar-refractivity contribution >= 4 is 24.1 Å². The zero-order chi connectivity index (χ0) is 32.0. The predicted octanol–water partition coefficient (Wildman–Crippen LogP) is 3.69. The van der Waals surface area contributed by atoms with Gasteiger partial charge in [-0.3, -0.25) is 9.59 Å². The van der Waals surface area contributed by atoms with Crippen LogP contribution in [-0.2, 0) is 33.3 Å². The van der Waals surface area contributed by atoms with E-state index in [1.54, 1.807) is 13.8 Å². The van der Waals surface area contributed by atoms with Gasteiger partial charge in [0.25, 0.3) is 0 Å². The summed E-state index contributed by atoms with van der Waals surface area (Å²) in [6.45, 7) is 4.70. The van der Waals surface area contributed by atoms with E-state index in [1.165, 1.54) is 0 Å². The van der Waals surface area contributed by atoms with E-state index < -0.39 is 36.0 Å². The Labute approximate surface area is 266 Å². The van der Waals surface area contributed by atoms with Crippen LogP contribution in [0.5, 0.6) is 0 Å². The van der Waals surface area contributed by atoms with Gasteiger partial charge >= 0.3 is 24.1 Å². The number of fused-ring (bicyclic) bond motifs is 2. The molecule has 0 aromatic heterocycles. The molecule has 0 aromatic rings. The summed E-state index contributed by atoms with van der Waals surface area (Å²) in [5.41, 5.74) is 0. The van der Waals surface area contributed by atoms with Gasteiger partial charge in [0.15, 0.2) is 0 Å². The second kappa shape index (κ2) is 17.9. The molecule has 45 heavy (non-hydrogen) atoms. The quantitative estimate of drug-likeness (QED) is 0.113. The van der Waals surface area contributed by atoms with Crippen LogP contribution in [0.3, 0.4) is 0 Å². The molecule has 0 radical (unpaired) electrons. The molecule has 4 unspecified atom stereocenters. The fourth-order valence-corrected chi connectivity index (χ4v) is 6.44. The van der Waals surface area contributed by atoms with Crippen LogP contribution in [0, 0.1) is 71.0 Å². The first-order valence-electron chi connectivity index (χ1n) is 16.5. The lowest BCUT2D eigenvalue weighted by Gasteiger charge is -2.14. The number of hydrogen-bond donors (Lipinski definition) is 2. The molecule has 0 spiro atoms. The third-order valence-electron chi connectivity index (χ3n) is 9.35. The Morgan fingerprint density at radius 3 is 1.29 bits per heavy atom. The molecular formula is C34H48N2O9. The number of nitrogens with one attached hydrogen (secondary N) is 2. The van der Waals surface area contributed by atoms with Crippen molar-refractivity contribution in [2.45, 2.75) is 65.2 Å². The number of hydrogen-bond acceptors (Lipinski definition) is 9. The SMILES string of the molecule is CC(CNC(=O)OCC1[C@H]2CCC#CCC[C@@H]12)C(=O)OCCOCCOC(=O)C(C)CNC(=O)OCC1[C@H]2CCC#CCC[C@@H]12. The first-order valence-corrected chi connectivity index (χ1v) is 16.5. The Morgan fingerprint density at radius 2 is 0.933 bits per heavy atom. The Balaban J connectivity index is 0.937. The first kappa shape index (κ1) is 34.4. The minimum atomic E-state index is -0.541. The zero-order valence-electron chi connectivity index (χ0n) is 26.6. The van der Waals surface area contributed by atoms with E-state index in [-0.39, 0.29) is 39.5 Å². The van der Waals surface area contributed by atoms with Gasteiger partial charge in [0.2, 0.25) is 0 Å². The van der Waals surface area contributed by atoms with Gasteiger partial charge in [-0.2, -0.15) is 0 Å². The average Bonchev–Trinajstić information content (AvgIpc) is 3.87. The molecule has 11 nitrogen and oxygen atoms in total. The second-order valence-corrected chi connectivity index (χ2v) is 12.6. The maximum absolute atomic E-state index is 12.2. The summed E-state index contributed by atoms with van der Waals surface area (Å²) in [6.07, 6.45) is 6.88. The van der Waals surface area contributed by atoms with Crippen molar-refractivity contribution in [2.24, 2.45) is 47.3 Å². The molecular weight excluding hydrogens is 580 g/mol. The molecule has 2 N–H and O–H groups in total. The summed E-state index contributed by atoms with van der Waals surface area (Å²) in [5.74, 6) is 13.9. The third-order valence-corrected chi connectivity index (χ3v) is 9.35. The van der Waals surface area contributed by atoms with Gasteiger partial charge in [0.05, 0.1) is 38.3 Å². The van der Waals surface area contributed by atoms with Crippen molar-refractivity contribution in [2.75, 3.05) is 52.7 Å². The van der Waals surface area contributed by atoms with Crippen LogP contribution >= 0.6 is 0 Å². The fraction of sp³-hybridized carbons (Fsp3) is 0.765. The lowest BCUT2D eigenvalue weighted by molar-refractivity contribution is -0.150. The van der Waals surface area contributed by atoms with Crippen LogP contribution < -0.4 is 10.6 Å². The van der Waals surface area contributed by atoms with Gasteiger partial charge in [-0.15, -0.1) is 23.7 Å². The van der Waals surface area contributed by atoms with Crippen molar-refractivity contribution in [3.63, 3.8) is 0 Å². The van der Waals surface area contributed by atoms with E-state index in [4.69, 9.17) is 23.7 Å². The summed E-state index contributed by atoms with van der Waals surface area (Å²) >= 11 is 0. The number of amides is 2. The number of carbonyl (C=O) groups excluding carboxylic acids is 4. The maximum atomic E-state index is 12.2. The number of esters is 2. The molecule has 2 amide bonds. The lowest BCUT2D eigenvalue weighted by atomic mass is 10.1. The van der Waals surface area contributed by atoms with Gasteiger partial charge < -0.3 is 34.3 Å². The molecule has 0 saturated heterocycles. The maximum Gasteiger partial charge on any atom is 0.407 e. The molecule has 4 aliphatic rings. The van der Waals surface area contributed by atoms with Gasteiger partial charge in [0.1, 0.15) is 13.2 Å². The van der Waals surface area contributed by atoms with E-state index >= 15 is 0 Å². The largest absolute Gasteiger partial charge is 0.463 e. The number of rotatable bonds is 16. The van der Waals surface area contributed by atoms with Crippen LogP contribution in [0.2, 0.25) is 0 Å². The third kappa shape index (κ3) is 11.5. The summed E-state index contributed by atoms with van der Waals surface area (Å²) in [7, 11) is 0. The van der Waals surface area contributed by atoms with Crippen LogP contribution in [-0.4, -0.2) is 76.9 Å². The van der Waals surface area contributed by atoms with Gasteiger partial charge in [-0.1, -0.05) is 13.8 Å². The fourth-order valence-electron chi connectivity index (χ4n) is 6.44.